The molecule has 0 atom stereocenters. The lowest BCUT2D eigenvalue weighted by Gasteiger charge is -2.10. The van der Waals surface area contributed by atoms with E-state index in [9.17, 15) is 14.4 Å². The molecule has 2 N–H and O–H groups in total. The number of aryl methyl sites for hydroxylation is 1. The SMILES string of the molecule is O=C(CCn1c(=O)[nH]c(=O)c2ccccc21)NCc1ccc(Cn2ccnc2)cc1. The van der Waals surface area contributed by atoms with E-state index in [4.69, 9.17) is 0 Å². The van der Waals surface area contributed by atoms with Crippen LogP contribution in [0.25, 0.3) is 10.9 Å². The monoisotopic (exact) mass is 403 g/mol. The number of nitrogens with one attached hydrogen (secondary N) is 2. The van der Waals surface area contributed by atoms with E-state index in [0.717, 1.165) is 17.7 Å². The van der Waals surface area contributed by atoms with Gasteiger partial charge in [-0.3, -0.25) is 19.1 Å². The van der Waals surface area contributed by atoms with Crippen molar-refractivity contribution in [2.24, 2.45) is 0 Å². The fourth-order valence-electron chi connectivity index (χ4n) is 3.32. The van der Waals surface area contributed by atoms with Gasteiger partial charge in [0.2, 0.25) is 5.91 Å². The number of carbonyl (C=O) groups is 1. The van der Waals surface area contributed by atoms with Gasteiger partial charge >= 0.3 is 5.69 Å². The number of H-pyrrole nitrogens is 1. The van der Waals surface area contributed by atoms with Crippen molar-refractivity contribution in [2.75, 3.05) is 0 Å². The second kappa shape index (κ2) is 8.60. The van der Waals surface area contributed by atoms with Crippen molar-refractivity contribution in [2.45, 2.75) is 26.1 Å². The Hall–Kier alpha value is -3.94. The largest absolute Gasteiger partial charge is 0.352 e. The molecule has 0 aliphatic carbocycles. The van der Waals surface area contributed by atoms with Crippen LogP contribution in [-0.2, 0) is 24.4 Å². The Morgan fingerprint density at radius 2 is 1.80 bits per heavy atom. The average Bonchev–Trinajstić information content (AvgIpc) is 3.26. The van der Waals surface area contributed by atoms with E-state index < -0.39 is 11.2 Å². The molecule has 0 saturated carbocycles. The highest BCUT2D eigenvalue weighted by Gasteiger charge is 2.09. The van der Waals surface area contributed by atoms with E-state index >= 15 is 0 Å². The van der Waals surface area contributed by atoms with Crippen LogP contribution in [0.1, 0.15) is 17.5 Å². The van der Waals surface area contributed by atoms with Gasteiger partial charge in [0.1, 0.15) is 0 Å². The van der Waals surface area contributed by atoms with Crippen molar-refractivity contribution < 1.29 is 4.79 Å². The van der Waals surface area contributed by atoms with Crippen LogP contribution in [0.4, 0.5) is 0 Å². The lowest BCUT2D eigenvalue weighted by atomic mass is 10.1. The summed E-state index contributed by atoms with van der Waals surface area (Å²) in [4.78, 5) is 42.7. The maximum atomic E-state index is 12.3. The van der Waals surface area contributed by atoms with Gasteiger partial charge in [-0.25, -0.2) is 9.78 Å². The van der Waals surface area contributed by atoms with Crippen molar-refractivity contribution in [3.05, 3.63) is 99.2 Å². The first kappa shape index (κ1) is 19.4. The van der Waals surface area contributed by atoms with Gasteiger partial charge in [-0.2, -0.15) is 0 Å². The Balaban J connectivity index is 1.34. The molecule has 0 fully saturated rings. The summed E-state index contributed by atoms with van der Waals surface area (Å²) in [5.41, 5.74) is 1.72. The van der Waals surface area contributed by atoms with Gasteiger partial charge in [0.25, 0.3) is 5.56 Å². The summed E-state index contributed by atoms with van der Waals surface area (Å²) in [6.45, 7) is 1.34. The minimum absolute atomic E-state index is 0.134. The van der Waals surface area contributed by atoms with Crippen molar-refractivity contribution in [1.29, 1.82) is 0 Å². The molecule has 4 rings (SSSR count). The van der Waals surface area contributed by atoms with Gasteiger partial charge in [0.15, 0.2) is 0 Å². The molecule has 8 nitrogen and oxygen atoms in total. The van der Waals surface area contributed by atoms with Gasteiger partial charge in [0.05, 0.1) is 17.2 Å². The number of para-hydroxylation sites is 1. The number of rotatable bonds is 7. The highest BCUT2D eigenvalue weighted by atomic mass is 16.2. The van der Waals surface area contributed by atoms with Crippen molar-refractivity contribution >= 4 is 16.8 Å². The molecule has 0 radical (unpaired) electrons. The third kappa shape index (κ3) is 4.38. The number of nitrogens with zero attached hydrogens (tertiary/aromatic N) is 3. The van der Waals surface area contributed by atoms with E-state index in [0.29, 0.717) is 17.4 Å². The molecule has 0 spiro atoms. The molecule has 2 aromatic heterocycles. The number of imidazole rings is 1. The maximum Gasteiger partial charge on any atom is 0.328 e. The number of benzene rings is 2. The number of amides is 1. The Morgan fingerprint density at radius 1 is 1.03 bits per heavy atom. The minimum atomic E-state index is -0.514. The maximum absolute atomic E-state index is 12.3. The van der Waals surface area contributed by atoms with Crippen LogP contribution in [0.3, 0.4) is 0 Å². The molecule has 2 aromatic carbocycles. The van der Waals surface area contributed by atoms with Gasteiger partial charge in [-0.05, 0) is 23.3 Å². The van der Waals surface area contributed by atoms with Crippen LogP contribution in [0.15, 0.2) is 76.8 Å². The van der Waals surface area contributed by atoms with E-state index in [1.807, 2.05) is 35.0 Å². The number of fused-ring (bicyclic) bond motifs is 1. The standard InChI is InChI=1S/C22H21N5O3/c28-20(9-11-27-19-4-2-1-3-18(19)21(29)25-22(27)30)24-13-16-5-7-17(8-6-16)14-26-12-10-23-15-26/h1-8,10,12,15H,9,11,13-14H2,(H,24,28)(H,25,29,30). The molecule has 30 heavy (non-hydrogen) atoms. The Morgan fingerprint density at radius 3 is 2.57 bits per heavy atom. The van der Waals surface area contributed by atoms with Gasteiger partial charge in [0, 0.05) is 38.4 Å². The van der Waals surface area contributed by atoms with Crippen LogP contribution in [0.2, 0.25) is 0 Å². The van der Waals surface area contributed by atoms with Crippen LogP contribution in [0, 0.1) is 0 Å². The second-order valence-corrected chi connectivity index (χ2v) is 7.01. The van der Waals surface area contributed by atoms with Gasteiger partial charge < -0.3 is 9.88 Å². The molecule has 0 aliphatic heterocycles. The summed E-state index contributed by atoms with van der Waals surface area (Å²) < 4.78 is 3.40. The Kier molecular flexibility index (Phi) is 5.56. The second-order valence-electron chi connectivity index (χ2n) is 7.01. The number of carbonyl (C=O) groups excluding carboxylic acids is 1. The molecule has 0 saturated heterocycles. The number of hydrogen-bond donors (Lipinski definition) is 2. The van der Waals surface area contributed by atoms with E-state index in [2.05, 4.69) is 15.3 Å². The molecule has 1 amide bonds. The fraction of sp³-hybridized carbons (Fsp3) is 0.182. The van der Waals surface area contributed by atoms with Crippen LogP contribution in [0.5, 0.6) is 0 Å². The quantitative estimate of drug-likeness (QED) is 0.490. The van der Waals surface area contributed by atoms with E-state index in [1.165, 1.54) is 4.57 Å². The first-order valence-corrected chi connectivity index (χ1v) is 9.62. The highest BCUT2D eigenvalue weighted by molar-refractivity contribution is 5.78. The molecule has 152 valence electrons. The first-order chi connectivity index (χ1) is 14.6. The fourth-order valence-corrected chi connectivity index (χ4v) is 3.32. The summed E-state index contributed by atoms with van der Waals surface area (Å²) in [5, 5.41) is 3.30. The van der Waals surface area contributed by atoms with Crippen LogP contribution >= 0.6 is 0 Å². The molecule has 8 heteroatoms. The third-order valence-corrected chi connectivity index (χ3v) is 4.90. The number of aromatic amines is 1. The number of hydrogen-bond acceptors (Lipinski definition) is 4. The molecular weight excluding hydrogens is 382 g/mol. The van der Waals surface area contributed by atoms with Crippen molar-refractivity contribution in [3.8, 4) is 0 Å². The van der Waals surface area contributed by atoms with E-state index in [-0.39, 0.29) is 18.9 Å². The summed E-state index contributed by atoms with van der Waals surface area (Å²) in [7, 11) is 0. The summed E-state index contributed by atoms with van der Waals surface area (Å²) in [5.74, 6) is -0.167. The van der Waals surface area contributed by atoms with E-state index in [1.54, 1.807) is 36.8 Å². The first-order valence-electron chi connectivity index (χ1n) is 9.62. The zero-order chi connectivity index (χ0) is 20.9. The topological polar surface area (TPSA) is 102 Å². The zero-order valence-corrected chi connectivity index (χ0v) is 16.2. The summed E-state index contributed by atoms with van der Waals surface area (Å²) in [6.07, 6.45) is 5.55. The third-order valence-electron chi connectivity index (χ3n) is 4.90. The van der Waals surface area contributed by atoms with Gasteiger partial charge in [-0.1, -0.05) is 36.4 Å². The summed E-state index contributed by atoms with van der Waals surface area (Å²) in [6, 6.07) is 14.9. The van der Waals surface area contributed by atoms with Crippen molar-refractivity contribution in [1.82, 2.24) is 24.4 Å². The highest BCUT2D eigenvalue weighted by Crippen LogP contribution is 2.08. The molecular formula is C22H21N5O3. The zero-order valence-electron chi connectivity index (χ0n) is 16.2. The lowest BCUT2D eigenvalue weighted by molar-refractivity contribution is -0.121. The van der Waals surface area contributed by atoms with Gasteiger partial charge in [-0.15, -0.1) is 0 Å². The Labute approximate surface area is 171 Å². The molecule has 0 bridgehead atoms. The number of aromatic nitrogens is 4. The smallest absolute Gasteiger partial charge is 0.328 e. The average molecular weight is 403 g/mol. The Bertz CT molecular complexity index is 1270. The molecule has 0 aliphatic rings. The van der Waals surface area contributed by atoms with Crippen LogP contribution < -0.4 is 16.6 Å². The molecule has 0 unspecified atom stereocenters. The minimum Gasteiger partial charge on any atom is -0.352 e. The predicted octanol–water partition coefficient (Wildman–Crippen LogP) is 1.64. The van der Waals surface area contributed by atoms with Crippen LogP contribution in [-0.4, -0.2) is 25.0 Å². The molecule has 4 aromatic rings. The van der Waals surface area contributed by atoms with Crippen molar-refractivity contribution in [3.63, 3.8) is 0 Å². The predicted molar refractivity (Wildman–Crippen MR) is 113 cm³/mol. The normalized spacial score (nSPS) is 10.9. The lowest BCUT2D eigenvalue weighted by Crippen LogP contribution is -2.32. The summed E-state index contributed by atoms with van der Waals surface area (Å²) >= 11 is 0. The molecule has 2 heterocycles.